The Morgan fingerprint density at radius 1 is 1.02 bits per heavy atom. The number of nitrogens with one attached hydrogen (secondary N) is 1. The number of aromatic hydroxyl groups is 1. The molecule has 16 nitrogen and oxygen atoms in total. The highest BCUT2D eigenvalue weighted by atomic mass is 31.2. The standard InChI is InChI=1S/C31H39F2N4O12P/c1-17(2)48-29(42)44-15-46-50(47-16-45-30(43)49-18(3)4)21-9-10-31(12-21)35(5)28(41)24-26(39)25(38)22(14-37(24)36(31)6)27(40)34-13-19-7-8-20(32)11-23(19)33/h7-8,11,14,17-18,21,39H,9-10,12-13,15-16H2,1-6H3,(H,34,40)/t21-,31?/m0/s1. The zero-order chi connectivity index (χ0) is 36.9. The van der Waals surface area contributed by atoms with Gasteiger partial charge in [-0.15, -0.1) is 0 Å². The van der Waals surface area contributed by atoms with Gasteiger partial charge in [-0.05, 0) is 46.6 Å². The molecule has 1 aromatic heterocycles. The third-order valence-corrected chi connectivity index (χ3v) is 9.79. The average molecular weight is 729 g/mol. The van der Waals surface area contributed by atoms with Crippen molar-refractivity contribution in [2.45, 2.75) is 77.0 Å². The summed E-state index contributed by atoms with van der Waals surface area (Å²) in [7, 11) is 1.13. The second kappa shape index (κ2) is 16.0. The number of nitrogens with zero attached hydrogens (tertiary/aromatic N) is 3. The van der Waals surface area contributed by atoms with Gasteiger partial charge in [0.1, 0.15) is 22.9 Å². The van der Waals surface area contributed by atoms with Crippen LogP contribution in [0.4, 0.5) is 18.4 Å². The minimum absolute atomic E-state index is 0.0442. The highest BCUT2D eigenvalue weighted by Crippen LogP contribution is 2.55. The lowest BCUT2D eigenvalue weighted by Crippen LogP contribution is -2.67. The maximum atomic E-state index is 14.1. The number of amides is 2. The summed E-state index contributed by atoms with van der Waals surface area (Å²) in [5.74, 6) is -4.37. The van der Waals surface area contributed by atoms with Crippen LogP contribution in [0.3, 0.4) is 0 Å². The van der Waals surface area contributed by atoms with E-state index in [1.807, 2.05) is 0 Å². The molecule has 1 aliphatic carbocycles. The Morgan fingerprint density at radius 2 is 1.62 bits per heavy atom. The molecule has 1 unspecified atom stereocenters. The van der Waals surface area contributed by atoms with Crippen LogP contribution in [0.2, 0.25) is 0 Å². The monoisotopic (exact) mass is 728 g/mol. The molecule has 19 heteroatoms. The summed E-state index contributed by atoms with van der Waals surface area (Å²) < 4.78 is 60.1. The molecule has 0 radical (unpaired) electrons. The van der Waals surface area contributed by atoms with E-state index in [9.17, 15) is 37.9 Å². The highest BCUT2D eigenvalue weighted by Gasteiger charge is 2.54. The first-order valence-electron chi connectivity index (χ1n) is 15.5. The highest BCUT2D eigenvalue weighted by molar-refractivity contribution is 7.48. The van der Waals surface area contributed by atoms with E-state index in [1.54, 1.807) is 39.8 Å². The van der Waals surface area contributed by atoms with Crippen molar-refractivity contribution in [2.75, 3.05) is 32.7 Å². The molecule has 50 heavy (non-hydrogen) atoms. The maximum absolute atomic E-state index is 14.1. The first-order chi connectivity index (χ1) is 23.5. The molecule has 1 aliphatic heterocycles. The minimum atomic E-state index is -1.95. The van der Waals surface area contributed by atoms with Gasteiger partial charge in [0, 0.05) is 50.5 Å². The second-order valence-electron chi connectivity index (χ2n) is 12.0. The SMILES string of the molecule is CC(C)OC(=O)OCOP(OCOC(=O)OC(C)C)[C@H]1CCC2(C1)N(C)C(=O)c1c(O)c(=O)c(C(=O)NCc3ccc(F)cc3F)cn1N2C. The summed E-state index contributed by atoms with van der Waals surface area (Å²) in [5.41, 5.74) is -3.64. The Kier molecular flexibility index (Phi) is 12.2. The van der Waals surface area contributed by atoms with Crippen molar-refractivity contribution in [2.24, 2.45) is 0 Å². The third-order valence-electron chi connectivity index (χ3n) is 8.04. The molecule has 2 N–H and O–H groups in total. The first kappa shape index (κ1) is 38.3. The van der Waals surface area contributed by atoms with Gasteiger partial charge in [0.05, 0.1) is 12.2 Å². The van der Waals surface area contributed by atoms with Crippen LogP contribution >= 0.6 is 8.38 Å². The molecule has 1 aromatic carbocycles. The Morgan fingerprint density at radius 3 is 2.18 bits per heavy atom. The fraction of sp³-hybridized carbons (Fsp3) is 0.516. The molecule has 2 amide bonds. The Labute approximate surface area is 287 Å². The molecule has 2 aromatic rings. The van der Waals surface area contributed by atoms with E-state index in [2.05, 4.69) is 5.32 Å². The van der Waals surface area contributed by atoms with Crippen molar-refractivity contribution in [3.8, 4) is 5.75 Å². The lowest BCUT2D eigenvalue weighted by Gasteiger charge is -2.51. The summed E-state index contributed by atoms with van der Waals surface area (Å²) in [5, 5.41) is 14.8. The van der Waals surface area contributed by atoms with Crippen LogP contribution in [0, 0.1) is 11.6 Å². The maximum Gasteiger partial charge on any atom is 0.510 e. The predicted octanol–water partition coefficient (Wildman–Crippen LogP) is 4.05. The number of hydrogen-bond donors (Lipinski definition) is 2. The number of carbonyl (C=O) groups is 4. The zero-order valence-corrected chi connectivity index (χ0v) is 29.2. The fourth-order valence-corrected chi connectivity index (χ4v) is 7.19. The van der Waals surface area contributed by atoms with E-state index in [0.717, 1.165) is 18.3 Å². The molecule has 2 atom stereocenters. The Balaban J connectivity index is 1.56. The zero-order valence-electron chi connectivity index (χ0n) is 28.3. The number of benzene rings is 1. The number of pyridine rings is 1. The number of carbonyl (C=O) groups excluding carboxylic acids is 4. The summed E-state index contributed by atoms with van der Waals surface area (Å²) in [6.07, 6.45) is -0.835. The van der Waals surface area contributed by atoms with Crippen LogP contribution in [-0.2, 0) is 34.5 Å². The van der Waals surface area contributed by atoms with Crippen molar-refractivity contribution < 1.29 is 61.1 Å². The molecular formula is C31H39F2N4O12P. The van der Waals surface area contributed by atoms with E-state index < -0.39 is 105 Å². The van der Waals surface area contributed by atoms with Gasteiger partial charge in [0.15, 0.2) is 19.8 Å². The molecule has 0 saturated heterocycles. The first-order valence-corrected chi connectivity index (χ1v) is 16.7. The number of halogens is 2. The van der Waals surface area contributed by atoms with E-state index in [-0.39, 0.29) is 17.7 Å². The number of fused-ring (bicyclic) bond motifs is 1. The van der Waals surface area contributed by atoms with Gasteiger partial charge in [0.2, 0.25) is 19.0 Å². The average Bonchev–Trinajstić information content (AvgIpc) is 3.48. The van der Waals surface area contributed by atoms with Gasteiger partial charge >= 0.3 is 12.3 Å². The predicted molar refractivity (Wildman–Crippen MR) is 171 cm³/mol. The van der Waals surface area contributed by atoms with Crippen LogP contribution in [-0.4, -0.2) is 90.0 Å². The molecule has 2 aliphatic rings. The topological polar surface area (TPSA) is 184 Å². The van der Waals surface area contributed by atoms with Gasteiger partial charge in [-0.3, -0.25) is 33.1 Å². The Bertz CT molecular complexity index is 1650. The largest absolute Gasteiger partial charge is 0.510 e. The molecule has 1 spiro atoms. The summed E-state index contributed by atoms with van der Waals surface area (Å²) in [6.45, 7) is 5.05. The summed E-state index contributed by atoms with van der Waals surface area (Å²) in [6, 6.07) is 2.80. The smallest absolute Gasteiger partial charge is 0.502 e. The number of ether oxygens (including phenoxy) is 4. The lowest BCUT2D eigenvalue weighted by molar-refractivity contribution is -0.0248. The van der Waals surface area contributed by atoms with Crippen molar-refractivity contribution in [1.82, 2.24) is 14.9 Å². The fourth-order valence-electron chi connectivity index (χ4n) is 5.60. The number of hydrogen-bond acceptors (Lipinski definition) is 13. The molecule has 274 valence electrons. The number of rotatable bonds is 12. The quantitative estimate of drug-likeness (QED) is 0.182. The lowest BCUT2D eigenvalue weighted by atomic mass is 10.0. The van der Waals surface area contributed by atoms with Crippen molar-refractivity contribution in [3.63, 3.8) is 0 Å². The normalized spacial score (nSPS) is 18.5. The number of aromatic nitrogens is 1. The van der Waals surface area contributed by atoms with Gasteiger partial charge in [-0.1, -0.05) is 6.07 Å². The van der Waals surface area contributed by atoms with Crippen molar-refractivity contribution in [3.05, 3.63) is 63.1 Å². The molecular weight excluding hydrogens is 689 g/mol. The minimum Gasteiger partial charge on any atom is -0.502 e. The summed E-state index contributed by atoms with van der Waals surface area (Å²) in [4.78, 5) is 65.1. The van der Waals surface area contributed by atoms with E-state index in [0.29, 0.717) is 18.9 Å². The van der Waals surface area contributed by atoms with Gasteiger partial charge in [-0.25, -0.2) is 18.4 Å². The Hall–Kier alpha value is -4.54. The van der Waals surface area contributed by atoms with Crippen LogP contribution in [0.15, 0.2) is 29.2 Å². The van der Waals surface area contributed by atoms with E-state index >= 15 is 0 Å². The van der Waals surface area contributed by atoms with Gasteiger partial charge < -0.3 is 34.3 Å². The van der Waals surface area contributed by atoms with E-state index in [1.165, 1.54) is 16.6 Å². The second-order valence-corrected chi connectivity index (χ2v) is 13.8. The molecule has 1 saturated carbocycles. The van der Waals surface area contributed by atoms with Crippen molar-refractivity contribution >= 4 is 32.5 Å². The third kappa shape index (κ3) is 8.42. The van der Waals surface area contributed by atoms with Crippen LogP contribution in [0.1, 0.15) is 73.4 Å². The molecule has 4 rings (SSSR count). The van der Waals surface area contributed by atoms with Crippen LogP contribution < -0.4 is 15.8 Å². The van der Waals surface area contributed by atoms with Gasteiger partial charge in [0.25, 0.3) is 11.8 Å². The molecule has 2 heterocycles. The molecule has 0 bridgehead atoms. The van der Waals surface area contributed by atoms with Crippen LogP contribution in [0.5, 0.6) is 5.75 Å². The summed E-state index contributed by atoms with van der Waals surface area (Å²) >= 11 is 0. The van der Waals surface area contributed by atoms with E-state index in [4.69, 9.17) is 28.0 Å². The van der Waals surface area contributed by atoms with Crippen LogP contribution in [0.25, 0.3) is 0 Å². The van der Waals surface area contributed by atoms with Gasteiger partial charge in [-0.2, -0.15) is 0 Å². The molecule has 1 fully saturated rings. The van der Waals surface area contributed by atoms with Crippen molar-refractivity contribution in [1.29, 1.82) is 0 Å².